The van der Waals surface area contributed by atoms with Gasteiger partial charge in [0.2, 0.25) is 0 Å². The maximum atomic E-state index is 15.6. The molecule has 1 aliphatic heterocycles. The zero-order valence-corrected chi connectivity index (χ0v) is 23.3. The largest absolute Gasteiger partial charge is 0.497 e. The number of hydrogen-bond acceptors (Lipinski definition) is 6. The Morgan fingerprint density at radius 3 is 2.47 bits per heavy atom. The first kappa shape index (κ1) is 28.6. The molecule has 0 spiro atoms. The van der Waals surface area contributed by atoms with Crippen molar-refractivity contribution >= 4 is 28.6 Å². The molecule has 0 bridgehead atoms. The minimum Gasteiger partial charge on any atom is -0.497 e. The third-order valence-corrected chi connectivity index (χ3v) is 6.39. The van der Waals surface area contributed by atoms with Crippen molar-refractivity contribution in [3.63, 3.8) is 0 Å². The van der Waals surface area contributed by atoms with Crippen molar-refractivity contribution in [2.75, 3.05) is 11.5 Å². The lowest BCUT2D eigenvalue weighted by atomic mass is 10.0. The number of ether oxygens (including phenoxy) is 5. The fourth-order valence-electron chi connectivity index (χ4n) is 3.91. The zero-order valence-electron chi connectivity index (χ0n) is 21.1. The Labute approximate surface area is 226 Å². The minimum absolute atomic E-state index is 0.259. The maximum Gasteiger partial charge on any atom is 0.338 e. The molecule has 0 aromatic heterocycles. The molecule has 1 heterocycles. The predicted octanol–water partition coefficient (Wildman–Crippen LogP) is 6.41. The van der Waals surface area contributed by atoms with Gasteiger partial charge in [0.25, 0.3) is 0 Å². The lowest BCUT2D eigenvalue weighted by Crippen LogP contribution is -2.39. The van der Waals surface area contributed by atoms with Crippen LogP contribution in [-0.4, -0.2) is 47.7 Å². The number of alkyl halides is 1. The van der Waals surface area contributed by atoms with Crippen molar-refractivity contribution in [1.29, 1.82) is 0 Å². The van der Waals surface area contributed by atoms with Crippen LogP contribution in [-0.2, 0) is 25.6 Å². The second kappa shape index (κ2) is 13.5. The monoisotopic (exact) mass is 612 g/mol. The Morgan fingerprint density at radius 2 is 1.83 bits per heavy atom. The third-order valence-electron chi connectivity index (χ3n) is 5.77. The van der Waals surface area contributed by atoms with Crippen LogP contribution < -0.4 is 4.74 Å². The van der Waals surface area contributed by atoms with Gasteiger partial charge in [0.1, 0.15) is 17.7 Å². The summed E-state index contributed by atoms with van der Waals surface area (Å²) >= 11 is 2.24. The van der Waals surface area contributed by atoms with E-state index in [2.05, 4.69) is 22.6 Å². The SMILES string of the molecule is COc1ccc(CO[C@H](C)C/C=C(/F)C(OC(=O)c2ccccc2)C2OC(C)(C)OC2CCI)cc1. The first-order valence-electron chi connectivity index (χ1n) is 12.0. The molecule has 1 fully saturated rings. The van der Waals surface area contributed by atoms with E-state index >= 15 is 4.39 Å². The molecular weight excluding hydrogens is 578 g/mol. The van der Waals surface area contributed by atoms with Crippen LogP contribution in [0.15, 0.2) is 66.5 Å². The highest BCUT2D eigenvalue weighted by molar-refractivity contribution is 14.1. The summed E-state index contributed by atoms with van der Waals surface area (Å²) in [6.07, 6.45) is -0.315. The standard InChI is InChI=1S/C28H34FIO6/c1-19(33-18-20-11-13-22(32-4)14-12-20)10-15-23(29)25(34-27(31)21-8-6-5-7-9-21)26-24(16-17-30)35-28(2,3)36-26/h5-9,11-15,19,24-26H,10,16-18H2,1-4H3/b23-15+/t19-,24?,25?,26?/m1/s1. The molecule has 2 aromatic rings. The molecule has 6 nitrogen and oxygen atoms in total. The molecular formula is C28H34FIO6. The highest BCUT2D eigenvalue weighted by Crippen LogP contribution is 2.36. The number of carbonyl (C=O) groups is 1. The highest BCUT2D eigenvalue weighted by Gasteiger charge is 2.47. The van der Waals surface area contributed by atoms with E-state index in [1.165, 1.54) is 6.08 Å². The third kappa shape index (κ3) is 8.26. The second-order valence-corrected chi connectivity index (χ2v) is 10.2. The predicted molar refractivity (Wildman–Crippen MR) is 144 cm³/mol. The Hall–Kier alpha value is -2.01. The Morgan fingerprint density at radius 1 is 1.14 bits per heavy atom. The first-order valence-corrected chi connectivity index (χ1v) is 13.5. The summed E-state index contributed by atoms with van der Waals surface area (Å²) in [5.74, 6) is -1.33. The van der Waals surface area contributed by atoms with Gasteiger partial charge in [-0.15, -0.1) is 0 Å². The molecule has 4 atom stereocenters. The summed E-state index contributed by atoms with van der Waals surface area (Å²) in [7, 11) is 1.62. The van der Waals surface area contributed by atoms with Crippen LogP contribution in [0.25, 0.3) is 0 Å². The average molecular weight is 612 g/mol. The van der Waals surface area contributed by atoms with Crippen LogP contribution in [0, 0.1) is 0 Å². The summed E-state index contributed by atoms with van der Waals surface area (Å²) in [5.41, 5.74) is 1.33. The molecule has 1 aliphatic rings. The molecule has 0 radical (unpaired) electrons. The van der Waals surface area contributed by atoms with Gasteiger partial charge in [-0.2, -0.15) is 0 Å². The van der Waals surface area contributed by atoms with Gasteiger partial charge in [0.05, 0.1) is 31.5 Å². The summed E-state index contributed by atoms with van der Waals surface area (Å²) in [6.45, 7) is 5.81. The van der Waals surface area contributed by atoms with Gasteiger partial charge in [-0.05, 0) is 69.5 Å². The van der Waals surface area contributed by atoms with Gasteiger partial charge in [-0.25, -0.2) is 9.18 Å². The molecule has 0 saturated carbocycles. The van der Waals surface area contributed by atoms with Crippen molar-refractivity contribution in [3.05, 3.63) is 77.6 Å². The number of methoxy groups -OCH3 is 1. The number of esters is 1. The van der Waals surface area contributed by atoms with Crippen molar-refractivity contribution in [2.45, 2.75) is 70.4 Å². The van der Waals surface area contributed by atoms with Crippen LogP contribution in [0.4, 0.5) is 4.39 Å². The molecule has 3 rings (SSSR count). The van der Waals surface area contributed by atoms with Crippen LogP contribution in [0.1, 0.15) is 49.5 Å². The van der Waals surface area contributed by atoms with E-state index in [4.69, 9.17) is 23.7 Å². The van der Waals surface area contributed by atoms with Crippen molar-refractivity contribution in [1.82, 2.24) is 0 Å². The van der Waals surface area contributed by atoms with Gasteiger partial charge in [0, 0.05) is 4.43 Å². The van der Waals surface area contributed by atoms with Crippen LogP contribution >= 0.6 is 22.6 Å². The van der Waals surface area contributed by atoms with E-state index in [0.29, 0.717) is 25.0 Å². The normalized spacial score (nSPS) is 21.1. The van der Waals surface area contributed by atoms with Gasteiger partial charge >= 0.3 is 5.97 Å². The highest BCUT2D eigenvalue weighted by atomic mass is 127. The Kier molecular flexibility index (Phi) is 10.7. The minimum atomic E-state index is -1.23. The smallest absolute Gasteiger partial charge is 0.338 e. The first-order chi connectivity index (χ1) is 17.2. The molecule has 0 N–H and O–H groups in total. The Bertz CT molecular complexity index is 995. The Balaban J connectivity index is 1.71. The average Bonchev–Trinajstić information content (AvgIpc) is 3.18. The van der Waals surface area contributed by atoms with Crippen LogP contribution in [0.3, 0.4) is 0 Å². The van der Waals surface area contributed by atoms with Crippen molar-refractivity contribution in [2.24, 2.45) is 0 Å². The molecule has 1 saturated heterocycles. The molecule has 8 heteroatoms. The molecule has 0 aliphatic carbocycles. The number of rotatable bonds is 12. The van der Waals surface area contributed by atoms with Gasteiger partial charge in [-0.1, -0.05) is 52.9 Å². The number of benzene rings is 2. The fraction of sp³-hybridized carbons (Fsp3) is 0.464. The van der Waals surface area contributed by atoms with Crippen molar-refractivity contribution < 1.29 is 32.9 Å². The summed E-state index contributed by atoms with van der Waals surface area (Å²) in [5, 5.41) is 0. The van der Waals surface area contributed by atoms with E-state index in [0.717, 1.165) is 15.7 Å². The van der Waals surface area contributed by atoms with Gasteiger partial charge < -0.3 is 23.7 Å². The number of hydrogen-bond donors (Lipinski definition) is 0. The fourth-order valence-corrected chi connectivity index (χ4v) is 4.53. The lowest BCUT2D eigenvalue weighted by molar-refractivity contribution is -0.154. The van der Waals surface area contributed by atoms with Crippen LogP contribution in [0.2, 0.25) is 0 Å². The maximum absolute atomic E-state index is 15.6. The van der Waals surface area contributed by atoms with E-state index in [1.807, 2.05) is 31.2 Å². The second-order valence-electron chi connectivity index (χ2n) is 9.10. The van der Waals surface area contributed by atoms with Crippen molar-refractivity contribution in [3.8, 4) is 5.75 Å². The van der Waals surface area contributed by atoms with E-state index in [1.54, 1.807) is 51.3 Å². The summed E-state index contributed by atoms with van der Waals surface area (Å²) < 4.78 is 45.2. The van der Waals surface area contributed by atoms with Gasteiger partial charge in [0.15, 0.2) is 11.9 Å². The molecule has 0 amide bonds. The number of halogens is 2. The quantitative estimate of drug-likeness (QED) is 0.157. The lowest BCUT2D eigenvalue weighted by Gasteiger charge is -2.26. The molecule has 196 valence electrons. The van der Waals surface area contributed by atoms with Gasteiger partial charge in [-0.3, -0.25) is 0 Å². The number of carbonyl (C=O) groups excluding carboxylic acids is 1. The summed E-state index contributed by atoms with van der Waals surface area (Å²) in [6, 6.07) is 16.1. The molecule has 2 aromatic carbocycles. The molecule has 36 heavy (non-hydrogen) atoms. The molecule has 3 unspecified atom stereocenters. The topological polar surface area (TPSA) is 63.2 Å². The van der Waals surface area contributed by atoms with E-state index in [-0.39, 0.29) is 6.10 Å². The van der Waals surface area contributed by atoms with E-state index in [9.17, 15) is 4.79 Å². The summed E-state index contributed by atoms with van der Waals surface area (Å²) in [4.78, 5) is 12.8. The van der Waals surface area contributed by atoms with Crippen LogP contribution in [0.5, 0.6) is 5.75 Å². The van der Waals surface area contributed by atoms with E-state index < -0.39 is 35.9 Å². The zero-order chi connectivity index (χ0) is 26.1.